The smallest absolute Gasteiger partial charge is 0.282 e. The van der Waals surface area contributed by atoms with Crippen LogP contribution in [0.15, 0.2) is 48.8 Å². The summed E-state index contributed by atoms with van der Waals surface area (Å²) in [6.45, 7) is 0. The van der Waals surface area contributed by atoms with E-state index in [9.17, 15) is 27.2 Å². The van der Waals surface area contributed by atoms with Gasteiger partial charge in [-0.2, -0.15) is 10.2 Å². The number of carbonyl (C=O) groups is 2. The molecule has 2 aromatic carbocycles. The Kier molecular flexibility index (Phi) is 11.5. The van der Waals surface area contributed by atoms with Crippen molar-refractivity contribution >= 4 is 29.1 Å². The number of hydrogen-bond donors (Lipinski definition) is 2. The molecular formula is C38H43ClF4N6O6. The highest BCUT2D eigenvalue weighted by molar-refractivity contribution is 6.31. The van der Waals surface area contributed by atoms with Gasteiger partial charge in [-0.3, -0.25) is 19.0 Å². The average Bonchev–Trinajstić information content (AvgIpc) is 4.01. The van der Waals surface area contributed by atoms with Gasteiger partial charge in [0.2, 0.25) is 0 Å². The average molecular weight is 791 g/mol. The predicted octanol–water partition coefficient (Wildman–Crippen LogP) is 7.33. The van der Waals surface area contributed by atoms with Crippen LogP contribution in [0.1, 0.15) is 117 Å². The van der Waals surface area contributed by atoms with Crippen LogP contribution in [-0.2, 0) is 33.0 Å². The molecule has 55 heavy (non-hydrogen) atoms. The quantitative estimate of drug-likeness (QED) is 0.133. The van der Waals surface area contributed by atoms with Crippen LogP contribution in [0, 0.1) is 0 Å². The van der Waals surface area contributed by atoms with Crippen molar-refractivity contribution < 1.29 is 46.1 Å². The first-order valence-corrected chi connectivity index (χ1v) is 17.9. The zero-order valence-corrected chi connectivity index (χ0v) is 31.9. The predicted molar refractivity (Wildman–Crippen MR) is 194 cm³/mol. The lowest BCUT2D eigenvalue weighted by molar-refractivity contribution is -0.214. The summed E-state index contributed by atoms with van der Waals surface area (Å²) in [5, 5.41) is 10.7. The van der Waals surface area contributed by atoms with Gasteiger partial charge in [0.15, 0.2) is 11.6 Å². The van der Waals surface area contributed by atoms with Gasteiger partial charge >= 0.3 is 0 Å². The molecule has 0 spiro atoms. The van der Waals surface area contributed by atoms with E-state index in [4.69, 9.17) is 36.3 Å². The molecule has 4 aromatic rings. The van der Waals surface area contributed by atoms with Crippen molar-refractivity contribution in [3.8, 4) is 0 Å². The van der Waals surface area contributed by atoms with Gasteiger partial charge in [-0.15, -0.1) is 0 Å². The number of nitrogens with zero attached hydrogens (tertiary/aromatic N) is 4. The lowest BCUT2D eigenvalue weighted by Crippen LogP contribution is -2.37. The molecule has 296 valence electrons. The number of nitrogens with one attached hydrogen (secondary N) is 1. The van der Waals surface area contributed by atoms with Crippen molar-refractivity contribution in [2.24, 2.45) is 19.8 Å². The van der Waals surface area contributed by atoms with Crippen molar-refractivity contribution in [2.45, 2.75) is 73.8 Å². The van der Waals surface area contributed by atoms with Crippen LogP contribution in [0.2, 0.25) is 5.02 Å². The maximum absolute atomic E-state index is 13.2. The largest absolute Gasteiger partial charge is 0.365 e. The van der Waals surface area contributed by atoms with Gasteiger partial charge in [0.05, 0.1) is 11.1 Å². The number of aromatic nitrogens is 4. The standard InChI is InChI=1S/C19H21F2N3O3.C13H15ClO2.C6H7F2N3O/c1-24-9-11(16(23-24)17(20)21)18(25)22-14-6-4-5-10-12-7-8-13(15(10)14)19(12,26-2)27-3;1-15-13(16-2)9-6-7-10(13)12-8(9)4-3-5-11(12)14;1-11-2-3(6(9)12)4(10-11)5(7)8/h4-6,9,12-13,17H,7-8H2,1-3H3,(H,22,25);3-5,9-10H,6-7H2,1-2H3;2,5H,1H3,(H2,9,12). The number of methoxy groups -OCH3 is 4. The van der Waals surface area contributed by atoms with Gasteiger partial charge in [-0.1, -0.05) is 35.9 Å². The molecule has 4 aliphatic rings. The number of rotatable bonds is 9. The van der Waals surface area contributed by atoms with E-state index in [1.165, 1.54) is 42.3 Å². The molecule has 2 fully saturated rings. The Morgan fingerprint density at radius 3 is 1.64 bits per heavy atom. The summed E-state index contributed by atoms with van der Waals surface area (Å²) >= 11 is 6.29. The topological polar surface area (TPSA) is 145 Å². The Labute approximate surface area is 320 Å². The third-order valence-corrected chi connectivity index (χ3v) is 11.6. The van der Waals surface area contributed by atoms with Crippen molar-refractivity contribution in [1.82, 2.24) is 19.6 Å². The minimum atomic E-state index is -2.82. The Morgan fingerprint density at radius 2 is 1.18 bits per heavy atom. The molecule has 12 nitrogen and oxygen atoms in total. The number of aryl methyl sites for hydroxylation is 2. The van der Waals surface area contributed by atoms with Crippen LogP contribution < -0.4 is 11.1 Å². The number of carbonyl (C=O) groups excluding carboxylic acids is 2. The van der Waals surface area contributed by atoms with E-state index in [2.05, 4.69) is 21.6 Å². The summed E-state index contributed by atoms with van der Waals surface area (Å²) in [5.74, 6) is -2.03. The number of primary amides is 1. The number of halogens is 5. The highest BCUT2D eigenvalue weighted by Crippen LogP contribution is 2.64. The molecule has 4 unspecified atom stereocenters. The molecule has 3 N–H and O–H groups in total. The molecular weight excluding hydrogens is 748 g/mol. The fraction of sp³-hybridized carbons (Fsp3) is 0.474. The highest BCUT2D eigenvalue weighted by Gasteiger charge is 2.60. The van der Waals surface area contributed by atoms with Crippen molar-refractivity contribution in [3.05, 3.63) is 98.6 Å². The van der Waals surface area contributed by atoms with Crippen molar-refractivity contribution in [1.29, 1.82) is 0 Å². The monoisotopic (exact) mass is 790 g/mol. The number of fused-ring (bicyclic) bond motifs is 10. The van der Waals surface area contributed by atoms with E-state index in [0.29, 0.717) is 11.6 Å². The van der Waals surface area contributed by atoms with Gasteiger partial charge in [0, 0.05) is 89.3 Å². The summed E-state index contributed by atoms with van der Waals surface area (Å²) in [7, 11) is 9.67. The summed E-state index contributed by atoms with van der Waals surface area (Å²) in [6.07, 6.45) is 0.927. The molecule has 0 saturated heterocycles. The first-order chi connectivity index (χ1) is 26.2. The SMILES string of the molecule is COC1(OC)C2CCC1c1c(Cl)cccc12.COC1(OC)C2CCC1c1c(NC(=O)c3cn(C)nc3C(F)F)cccc12.Cn1cc(C(N)=O)c(C(F)F)n1. The number of amides is 2. The van der Waals surface area contributed by atoms with E-state index in [-0.39, 0.29) is 28.9 Å². The van der Waals surface area contributed by atoms with Crippen LogP contribution in [0.3, 0.4) is 0 Å². The number of nitrogens with two attached hydrogens (primary N) is 1. The fourth-order valence-corrected chi connectivity index (χ4v) is 9.51. The number of ether oxygens (including phenoxy) is 4. The Morgan fingerprint density at radius 1 is 0.745 bits per heavy atom. The lowest BCUT2D eigenvalue weighted by atomic mass is 9.90. The van der Waals surface area contributed by atoms with Gasteiger partial charge in [-0.25, -0.2) is 17.6 Å². The fourth-order valence-electron chi connectivity index (χ4n) is 9.20. The first-order valence-electron chi connectivity index (χ1n) is 17.6. The maximum atomic E-state index is 13.2. The third kappa shape index (κ3) is 6.71. The normalized spacial score (nSPS) is 21.8. The van der Waals surface area contributed by atoms with Crippen LogP contribution in [-0.4, -0.2) is 71.4 Å². The molecule has 0 aliphatic heterocycles. The van der Waals surface area contributed by atoms with Crippen molar-refractivity contribution in [2.75, 3.05) is 33.8 Å². The first kappa shape index (κ1) is 40.3. The second kappa shape index (κ2) is 15.7. The summed E-state index contributed by atoms with van der Waals surface area (Å²) in [6, 6.07) is 11.8. The Bertz CT molecular complexity index is 2070. The Hall–Kier alpha value is -4.35. The summed E-state index contributed by atoms with van der Waals surface area (Å²) in [5.41, 5.74) is 8.60. The highest BCUT2D eigenvalue weighted by atomic mass is 35.5. The molecule has 0 radical (unpaired) electrons. The summed E-state index contributed by atoms with van der Waals surface area (Å²) < 4.78 is 75.9. The van der Waals surface area contributed by atoms with Crippen LogP contribution >= 0.6 is 11.6 Å². The Balaban J connectivity index is 0.000000155. The minimum absolute atomic E-state index is 0.0209. The number of benzene rings is 2. The maximum Gasteiger partial charge on any atom is 0.282 e. The second-order valence-electron chi connectivity index (χ2n) is 13.8. The van der Waals surface area contributed by atoms with E-state index in [1.807, 2.05) is 24.3 Å². The zero-order valence-electron chi connectivity index (χ0n) is 31.1. The van der Waals surface area contributed by atoms with Gasteiger partial charge in [-0.05, 0) is 60.1 Å². The van der Waals surface area contributed by atoms with E-state index in [0.717, 1.165) is 46.5 Å². The van der Waals surface area contributed by atoms with Crippen LogP contribution in [0.5, 0.6) is 0 Å². The molecule has 2 saturated carbocycles. The molecule has 4 bridgehead atoms. The summed E-state index contributed by atoms with van der Waals surface area (Å²) in [4.78, 5) is 23.3. The number of hydrogen-bond acceptors (Lipinski definition) is 8. The molecule has 2 heterocycles. The molecule has 2 aromatic heterocycles. The second-order valence-corrected chi connectivity index (χ2v) is 14.2. The lowest BCUT2D eigenvalue weighted by Gasteiger charge is -2.31. The molecule has 17 heteroatoms. The molecule has 4 aliphatic carbocycles. The van der Waals surface area contributed by atoms with Gasteiger partial charge < -0.3 is 30.0 Å². The minimum Gasteiger partial charge on any atom is -0.365 e. The third-order valence-electron chi connectivity index (χ3n) is 11.3. The van der Waals surface area contributed by atoms with E-state index in [1.54, 1.807) is 34.5 Å². The van der Waals surface area contributed by atoms with Gasteiger partial charge in [0.1, 0.15) is 11.4 Å². The number of anilines is 1. The van der Waals surface area contributed by atoms with Gasteiger partial charge in [0.25, 0.3) is 24.7 Å². The molecule has 8 rings (SSSR count). The number of alkyl halides is 4. The van der Waals surface area contributed by atoms with Crippen LogP contribution in [0.4, 0.5) is 23.2 Å². The van der Waals surface area contributed by atoms with Crippen LogP contribution in [0.25, 0.3) is 0 Å². The zero-order chi connectivity index (χ0) is 40.0. The molecule has 4 atom stereocenters. The van der Waals surface area contributed by atoms with E-state index < -0.39 is 47.6 Å². The molecule has 2 amide bonds. The van der Waals surface area contributed by atoms with E-state index >= 15 is 0 Å². The van der Waals surface area contributed by atoms with Crippen molar-refractivity contribution in [3.63, 3.8) is 0 Å².